The van der Waals surface area contributed by atoms with Crippen molar-refractivity contribution in [2.24, 2.45) is 0 Å². The molecule has 1 aliphatic heterocycles. The van der Waals surface area contributed by atoms with E-state index in [4.69, 9.17) is 4.52 Å². The summed E-state index contributed by atoms with van der Waals surface area (Å²) in [5.74, 6) is 0.995. The van der Waals surface area contributed by atoms with Gasteiger partial charge in [-0.1, -0.05) is 35.5 Å². The highest BCUT2D eigenvalue weighted by molar-refractivity contribution is 5.78. The molecule has 8 heteroatoms. The molecule has 1 fully saturated rings. The minimum absolute atomic E-state index is 0.129. The molecule has 0 bridgehead atoms. The first-order chi connectivity index (χ1) is 12.1. The molecule has 0 unspecified atom stereocenters. The number of carbonyl (C=O) groups is 2. The lowest BCUT2D eigenvalue weighted by atomic mass is 10.1. The summed E-state index contributed by atoms with van der Waals surface area (Å²) in [7, 11) is 0. The number of hydrogen-bond acceptors (Lipinski definition) is 5. The molecule has 25 heavy (non-hydrogen) atoms. The highest BCUT2D eigenvalue weighted by Crippen LogP contribution is 2.18. The number of urea groups is 1. The third-order valence-electron chi connectivity index (χ3n) is 4.05. The Morgan fingerprint density at radius 3 is 2.80 bits per heavy atom. The van der Waals surface area contributed by atoms with Crippen molar-refractivity contribution in [3.05, 3.63) is 47.6 Å². The Kier molecular flexibility index (Phi) is 5.27. The predicted octanol–water partition coefficient (Wildman–Crippen LogP) is 1.54. The maximum absolute atomic E-state index is 12.2. The first-order valence-electron chi connectivity index (χ1n) is 8.28. The Labute approximate surface area is 145 Å². The summed E-state index contributed by atoms with van der Waals surface area (Å²) in [6, 6.07) is 8.98. The Morgan fingerprint density at radius 2 is 2.16 bits per heavy atom. The van der Waals surface area contributed by atoms with Gasteiger partial charge in [-0.25, -0.2) is 4.79 Å². The van der Waals surface area contributed by atoms with Crippen LogP contribution in [0.2, 0.25) is 0 Å². The van der Waals surface area contributed by atoms with Crippen LogP contribution < -0.4 is 10.6 Å². The fraction of sp³-hybridized carbons (Fsp3) is 0.412. The summed E-state index contributed by atoms with van der Waals surface area (Å²) in [6.07, 6.45) is 1.44. The number of aryl methyl sites for hydroxylation is 1. The maximum Gasteiger partial charge on any atom is 0.315 e. The number of nitrogens with one attached hydrogen (secondary N) is 2. The van der Waals surface area contributed by atoms with Crippen LogP contribution in [0.25, 0.3) is 0 Å². The zero-order chi connectivity index (χ0) is 17.6. The van der Waals surface area contributed by atoms with Gasteiger partial charge >= 0.3 is 6.03 Å². The van der Waals surface area contributed by atoms with E-state index in [0.29, 0.717) is 24.7 Å². The molecule has 1 aromatic heterocycles. The van der Waals surface area contributed by atoms with Gasteiger partial charge in [-0.3, -0.25) is 4.79 Å². The molecule has 1 atom stereocenters. The van der Waals surface area contributed by atoms with Gasteiger partial charge in [0.15, 0.2) is 5.82 Å². The molecule has 0 spiro atoms. The van der Waals surface area contributed by atoms with Crippen LogP contribution in [0.3, 0.4) is 0 Å². The van der Waals surface area contributed by atoms with E-state index < -0.39 is 0 Å². The number of likely N-dealkylation sites (tertiary alicyclic amines) is 1. The van der Waals surface area contributed by atoms with Crippen molar-refractivity contribution in [3.8, 4) is 0 Å². The van der Waals surface area contributed by atoms with Gasteiger partial charge in [0.1, 0.15) is 0 Å². The van der Waals surface area contributed by atoms with Gasteiger partial charge in [0.05, 0.1) is 12.6 Å². The monoisotopic (exact) mass is 343 g/mol. The standard InChI is InChI=1S/C17H21N5O3/c1-12-19-15(25-21-12)10-18-17(24)20-14(13-6-3-2-4-7-13)11-22-9-5-8-16(22)23/h2-4,6-7,14H,5,8-11H2,1H3,(H2,18,20,24)/t14-/m1/s1. The van der Waals surface area contributed by atoms with Gasteiger partial charge in [0.2, 0.25) is 11.8 Å². The zero-order valence-corrected chi connectivity index (χ0v) is 14.1. The van der Waals surface area contributed by atoms with Crippen LogP contribution >= 0.6 is 0 Å². The molecule has 0 saturated carbocycles. The predicted molar refractivity (Wildman–Crippen MR) is 89.4 cm³/mol. The molecular weight excluding hydrogens is 322 g/mol. The molecule has 2 N–H and O–H groups in total. The number of benzene rings is 1. The van der Waals surface area contributed by atoms with E-state index in [9.17, 15) is 9.59 Å². The van der Waals surface area contributed by atoms with Gasteiger partial charge < -0.3 is 20.1 Å². The summed E-state index contributed by atoms with van der Waals surface area (Å²) in [5, 5.41) is 9.30. The van der Waals surface area contributed by atoms with Crippen LogP contribution in [0.5, 0.6) is 0 Å². The van der Waals surface area contributed by atoms with Crippen molar-refractivity contribution in [1.82, 2.24) is 25.7 Å². The largest absolute Gasteiger partial charge is 0.340 e. The lowest BCUT2D eigenvalue weighted by Gasteiger charge is -2.25. The molecule has 0 radical (unpaired) electrons. The van der Waals surface area contributed by atoms with Crippen LogP contribution in [0, 0.1) is 6.92 Å². The fourth-order valence-corrected chi connectivity index (χ4v) is 2.81. The van der Waals surface area contributed by atoms with E-state index in [1.54, 1.807) is 11.8 Å². The van der Waals surface area contributed by atoms with Gasteiger partial charge in [0, 0.05) is 19.5 Å². The van der Waals surface area contributed by atoms with E-state index >= 15 is 0 Å². The first-order valence-corrected chi connectivity index (χ1v) is 8.28. The van der Waals surface area contributed by atoms with Gasteiger partial charge in [-0.2, -0.15) is 4.98 Å². The van der Waals surface area contributed by atoms with Crippen LogP contribution in [-0.2, 0) is 11.3 Å². The molecule has 0 aliphatic carbocycles. The van der Waals surface area contributed by atoms with E-state index in [1.165, 1.54) is 0 Å². The fourth-order valence-electron chi connectivity index (χ4n) is 2.81. The molecule has 3 rings (SSSR count). The Hall–Kier alpha value is -2.90. The van der Waals surface area contributed by atoms with Crippen molar-refractivity contribution in [2.75, 3.05) is 13.1 Å². The second kappa shape index (κ2) is 7.78. The summed E-state index contributed by atoms with van der Waals surface area (Å²) in [5.41, 5.74) is 0.950. The van der Waals surface area contributed by atoms with Crippen molar-refractivity contribution >= 4 is 11.9 Å². The molecule has 1 aromatic carbocycles. The SMILES string of the molecule is Cc1noc(CNC(=O)N[C@H](CN2CCCC2=O)c2ccccc2)n1. The van der Waals surface area contributed by atoms with Crippen LogP contribution in [0.1, 0.15) is 36.2 Å². The van der Waals surface area contributed by atoms with Crippen molar-refractivity contribution < 1.29 is 14.1 Å². The number of rotatable bonds is 6. The number of aromatic nitrogens is 2. The minimum atomic E-state index is -0.351. The van der Waals surface area contributed by atoms with Crippen molar-refractivity contribution in [3.63, 3.8) is 0 Å². The third kappa shape index (κ3) is 4.56. The number of nitrogens with zero attached hydrogens (tertiary/aromatic N) is 3. The topological polar surface area (TPSA) is 100 Å². The highest BCUT2D eigenvalue weighted by Gasteiger charge is 2.25. The van der Waals surface area contributed by atoms with Crippen LogP contribution in [-0.4, -0.2) is 40.1 Å². The zero-order valence-electron chi connectivity index (χ0n) is 14.1. The molecule has 2 aromatic rings. The second-order valence-electron chi connectivity index (χ2n) is 5.97. The number of carbonyl (C=O) groups excluding carboxylic acids is 2. The molecule has 3 amide bonds. The molecule has 1 aliphatic rings. The van der Waals surface area contributed by atoms with E-state index in [0.717, 1.165) is 18.5 Å². The summed E-state index contributed by atoms with van der Waals surface area (Å²) in [4.78, 5) is 30.0. The quantitative estimate of drug-likeness (QED) is 0.829. The molecular formula is C17H21N5O3. The average molecular weight is 343 g/mol. The Bertz CT molecular complexity index is 731. The number of amides is 3. The van der Waals surface area contributed by atoms with E-state index in [-0.39, 0.29) is 24.5 Å². The van der Waals surface area contributed by atoms with Crippen LogP contribution in [0.4, 0.5) is 4.79 Å². The van der Waals surface area contributed by atoms with Gasteiger partial charge in [-0.15, -0.1) is 0 Å². The van der Waals surface area contributed by atoms with Crippen molar-refractivity contribution in [1.29, 1.82) is 0 Å². The lowest BCUT2D eigenvalue weighted by Crippen LogP contribution is -2.42. The van der Waals surface area contributed by atoms with Crippen molar-refractivity contribution in [2.45, 2.75) is 32.4 Å². The molecule has 132 valence electrons. The average Bonchev–Trinajstić information content (AvgIpc) is 3.21. The Morgan fingerprint density at radius 1 is 1.36 bits per heavy atom. The molecule has 2 heterocycles. The van der Waals surface area contributed by atoms with E-state index in [2.05, 4.69) is 20.8 Å². The van der Waals surface area contributed by atoms with Crippen LogP contribution in [0.15, 0.2) is 34.9 Å². The smallest absolute Gasteiger partial charge is 0.315 e. The maximum atomic E-state index is 12.2. The summed E-state index contributed by atoms with van der Waals surface area (Å²) in [6.45, 7) is 3.05. The molecule has 1 saturated heterocycles. The second-order valence-corrected chi connectivity index (χ2v) is 5.97. The highest BCUT2D eigenvalue weighted by atomic mass is 16.5. The van der Waals surface area contributed by atoms with Gasteiger partial charge in [-0.05, 0) is 18.9 Å². The summed E-state index contributed by atoms with van der Waals surface area (Å²) >= 11 is 0. The Balaban J connectivity index is 1.62. The lowest BCUT2D eigenvalue weighted by molar-refractivity contribution is -0.128. The first kappa shape index (κ1) is 16.9. The third-order valence-corrected chi connectivity index (χ3v) is 4.05. The minimum Gasteiger partial charge on any atom is -0.340 e. The molecule has 8 nitrogen and oxygen atoms in total. The number of hydrogen-bond donors (Lipinski definition) is 2. The van der Waals surface area contributed by atoms with Gasteiger partial charge in [0.25, 0.3) is 0 Å². The van der Waals surface area contributed by atoms with E-state index in [1.807, 2.05) is 30.3 Å². The normalized spacial score (nSPS) is 15.2. The summed E-state index contributed by atoms with van der Waals surface area (Å²) < 4.78 is 4.97.